The lowest BCUT2D eigenvalue weighted by atomic mass is 9.98. The lowest BCUT2D eigenvalue weighted by Crippen LogP contribution is -2.13. The number of benzene rings is 8. The molecule has 0 spiro atoms. The molecule has 0 aliphatic rings. The van der Waals surface area contributed by atoms with Gasteiger partial charge in [0, 0.05) is 59.9 Å². The molecule has 2 amide bonds. The van der Waals surface area contributed by atoms with Crippen LogP contribution in [-0.4, -0.2) is 38.5 Å². The highest BCUT2D eigenvalue weighted by Gasteiger charge is 2.21. The van der Waals surface area contributed by atoms with E-state index in [0.29, 0.717) is 83.0 Å². The normalized spacial score (nSPS) is 11.3. The topological polar surface area (TPSA) is 116 Å². The highest BCUT2D eigenvalue weighted by molar-refractivity contribution is 7.98. The lowest BCUT2D eigenvalue weighted by Gasteiger charge is -2.14. The molecule has 8 aromatic carbocycles. The number of aromatic nitrogens is 4. The van der Waals surface area contributed by atoms with Crippen molar-refractivity contribution < 1.29 is 22.8 Å². The number of H-pyrrole nitrogens is 2. The second-order valence-corrected chi connectivity index (χ2v) is 18.6. The Hall–Kier alpha value is -7.29. The SMILES string of the molecule is CSc1ccc(C(=O)Nc2ccc(Cl)c(-c3[nH]nc4c(CSc5ccc(C(=O)Nc6ccc(Cl)c(-c7n[nH]c8ccccc78)c6)c(-c6cccc(F)c6)c5)cccc34)c2)c(-c2ccc(F)c(F)c2)c1. The summed E-state index contributed by atoms with van der Waals surface area (Å²) < 4.78 is 42.9. The molecule has 0 fully saturated rings. The number of nitrogens with one attached hydrogen (secondary N) is 4. The van der Waals surface area contributed by atoms with E-state index in [1.165, 1.54) is 41.7 Å². The van der Waals surface area contributed by atoms with Gasteiger partial charge in [-0.25, -0.2) is 13.2 Å². The maximum absolute atomic E-state index is 14.7. The van der Waals surface area contributed by atoms with Gasteiger partial charge >= 0.3 is 0 Å². The van der Waals surface area contributed by atoms with Gasteiger partial charge in [-0.05, 0) is 137 Å². The third-order valence-electron chi connectivity index (χ3n) is 11.6. The summed E-state index contributed by atoms with van der Waals surface area (Å²) in [6.45, 7) is 0. The molecule has 0 aliphatic carbocycles. The van der Waals surface area contributed by atoms with Crippen molar-refractivity contribution in [1.82, 2.24) is 20.4 Å². The van der Waals surface area contributed by atoms with Crippen molar-refractivity contribution in [3.63, 3.8) is 0 Å². The molecule has 0 radical (unpaired) electrons. The zero-order chi connectivity index (χ0) is 47.8. The van der Waals surface area contributed by atoms with E-state index in [1.54, 1.807) is 72.8 Å². The molecule has 0 atom stereocenters. The van der Waals surface area contributed by atoms with Crippen LogP contribution in [0.2, 0.25) is 10.0 Å². The lowest BCUT2D eigenvalue weighted by molar-refractivity contribution is 0.101. The van der Waals surface area contributed by atoms with Gasteiger partial charge in [0.2, 0.25) is 0 Å². The number of thioether (sulfide) groups is 2. The van der Waals surface area contributed by atoms with E-state index in [-0.39, 0.29) is 5.56 Å². The van der Waals surface area contributed by atoms with Crippen LogP contribution in [0.4, 0.5) is 24.5 Å². The van der Waals surface area contributed by atoms with Gasteiger partial charge < -0.3 is 10.6 Å². The molecule has 0 saturated carbocycles. The highest BCUT2D eigenvalue weighted by atomic mass is 35.5. The molecule has 0 bridgehead atoms. The molecule has 8 nitrogen and oxygen atoms in total. The minimum atomic E-state index is -1.01. The van der Waals surface area contributed by atoms with Crippen molar-refractivity contribution in [1.29, 1.82) is 0 Å². The fourth-order valence-corrected chi connectivity index (χ4v) is 9.96. The molecule has 69 heavy (non-hydrogen) atoms. The molecule has 340 valence electrons. The zero-order valence-electron chi connectivity index (χ0n) is 36.1. The summed E-state index contributed by atoms with van der Waals surface area (Å²) in [5, 5.41) is 23.9. The van der Waals surface area contributed by atoms with Gasteiger partial charge in [0.05, 0.1) is 26.8 Å². The average molecular weight is 992 g/mol. The Morgan fingerprint density at radius 1 is 0.580 bits per heavy atom. The van der Waals surface area contributed by atoms with Gasteiger partial charge in [-0.3, -0.25) is 19.8 Å². The second kappa shape index (κ2) is 19.4. The summed E-state index contributed by atoms with van der Waals surface area (Å²) in [6.07, 6.45) is 1.89. The number of aromatic amines is 2. The minimum absolute atomic E-state index is 0.276. The number of carbonyl (C=O) groups is 2. The van der Waals surface area contributed by atoms with E-state index in [9.17, 15) is 22.8 Å². The quantitative estimate of drug-likeness (QED) is 0.0907. The van der Waals surface area contributed by atoms with Crippen molar-refractivity contribution >= 4 is 91.7 Å². The standard InChI is InChI=1S/C54H35Cl2F3N6O2S2/c1-68-35-15-17-37(41(26-35)30-12-21-47(58)48(59)23-30)53(66)61-34-14-20-46(56)44(25-34)52-40-10-5-7-31(50(40)63-65-52)28-69-36-16-18-38(42(27-36)29-6-4-8-32(57)22-29)54(67)60-33-13-19-45(55)43(24-33)51-39-9-2-3-11-49(39)62-64-51/h2-27H,28H2,1H3,(H,60,67)(H,61,66)(H,62,64)(H,63,65). The number of hydrogen-bond acceptors (Lipinski definition) is 6. The van der Waals surface area contributed by atoms with Crippen molar-refractivity contribution in [2.45, 2.75) is 15.5 Å². The Morgan fingerprint density at radius 2 is 1.23 bits per heavy atom. The Balaban J connectivity index is 0.898. The van der Waals surface area contributed by atoms with Crippen LogP contribution in [0.15, 0.2) is 168 Å². The van der Waals surface area contributed by atoms with E-state index >= 15 is 0 Å². The van der Waals surface area contributed by atoms with Crippen LogP contribution in [0.3, 0.4) is 0 Å². The first-order chi connectivity index (χ1) is 33.5. The predicted molar refractivity (Wildman–Crippen MR) is 274 cm³/mol. The van der Waals surface area contributed by atoms with Crippen LogP contribution in [0.5, 0.6) is 0 Å². The maximum Gasteiger partial charge on any atom is 0.256 e. The molecule has 2 heterocycles. The van der Waals surface area contributed by atoms with Gasteiger partial charge in [0.1, 0.15) is 11.5 Å². The summed E-state index contributed by atoms with van der Waals surface area (Å²) in [4.78, 5) is 29.6. The van der Waals surface area contributed by atoms with Crippen LogP contribution >= 0.6 is 46.7 Å². The first-order valence-corrected chi connectivity index (χ1v) is 24.3. The van der Waals surface area contributed by atoms with Crippen LogP contribution < -0.4 is 10.6 Å². The predicted octanol–water partition coefficient (Wildman–Crippen LogP) is 15.4. The first-order valence-electron chi connectivity index (χ1n) is 21.3. The number of anilines is 2. The molecule has 0 unspecified atom stereocenters. The second-order valence-electron chi connectivity index (χ2n) is 15.9. The third kappa shape index (κ3) is 9.34. The summed E-state index contributed by atoms with van der Waals surface area (Å²) in [6, 6.07) is 44.3. The summed E-state index contributed by atoms with van der Waals surface area (Å²) in [7, 11) is 0. The number of nitrogens with zero attached hydrogens (tertiary/aromatic N) is 2. The van der Waals surface area contributed by atoms with Gasteiger partial charge in [-0.15, -0.1) is 23.5 Å². The maximum atomic E-state index is 14.7. The number of amides is 2. The van der Waals surface area contributed by atoms with E-state index < -0.39 is 29.3 Å². The Morgan fingerprint density at radius 3 is 1.96 bits per heavy atom. The van der Waals surface area contributed by atoms with Gasteiger partial charge in [0.25, 0.3) is 11.8 Å². The van der Waals surface area contributed by atoms with Crippen molar-refractivity contribution in [2.75, 3.05) is 16.9 Å². The number of rotatable bonds is 12. The highest BCUT2D eigenvalue weighted by Crippen LogP contribution is 2.39. The smallest absolute Gasteiger partial charge is 0.256 e. The number of carbonyl (C=O) groups excluding carboxylic acids is 2. The van der Waals surface area contributed by atoms with Crippen LogP contribution in [0.25, 0.3) is 66.6 Å². The summed E-state index contributed by atoms with van der Waals surface area (Å²) >= 11 is 16.4. The van der Waals surface area contributed by atoms with E-state index in [2.05, 4.69) is 25.9 Å². The van der Waals surface area contributed by atoms with Crippen LogP contribution in [-0.2, 0) is 5.75 Å². The molecule has 15 heteroatoms. The van der Waals surface area contributed by atoms with Crippen LogP contribution in [0, 0.1) is 17.5 Å². The Bertz CT molecular complexity index is 3660. The number of fused-ring (bicyclic) bond motifs is 2. The fourth-order valence-electron chi connectivity index (χ4n) is 8.18. The van der Waals surface area contributed by atoms with E-state index in [0.717, 1.165) is 43.8 Å². The zero-order valence-corrected chi connectivity index (χ0v) is 39.3. The molecule has 2 aromatic heterocycles. The van der Waals surface area contributed by atoms with E-state index in [4.69, 9.17) is 28.3 Å². The molecule has 0 aliphatic heterocycles. The Kier molecular flexibility index (Phi) is 12.8. The van der Waals surface area contributed by atoms with Crippen molar-refractivity contribution in [2.24, 2.45) is 0 Å². The molecule has 0 saturated heterocycles. The van der Waals surface area contributed by atoms with Crippen LogP contribution in [0.1, 0.15) is 26.3 Å². The van der Waals surface area contributed by atoms with Gasteiger partial charge in [-0.1, -0.05) is 77.8 Å². The van der Waals surface area contributed by atoms with Gasteiger partial charge in [0.15, 0.2) is 11.6 Å². The monoisotopic (exact) mass is 990 g/mol. The van der Waals surface area contributed by atoms with E-state index in [1.807, 2.05) is 60.9 Å². The first kappa shape index (κ1) is 45.5. The molecule has 4 N–H and O–H groups in total. The number of hydrogen-bond donors (Lipinski definition) is 4. The molecular weight excluding hydrogens is 957 g/mol. The third-order valence-corrected chi connectivity index (χ3v) is 14.0. The van der Waals surface area contributed by atoms with Gasteiger partial charge in [-0.2, -0.15) is 10.2 Å². The minimum Gasteiger partial charge on any atom is -0.322 e. The number of halogens is 5. The molecule has 10 rings (SSSR count). The Labute approximate surface area is 411 Å². The fraction of sp³-hybridized carbons (Fsp3) is 0.0370. The average Bonchev–Trinajstić information content (AvgIpc) is 4.00. The summed E-state index contributed by atoms with van der Waals surface area (Å²) in [5.74, 6) is -2.78. The van der Waals surface area contributed by atoms with Crippen molar-refractivity contribution in [3.05, 3.63) is 202 Å². The largest absolute Gasteiger partial charge is 0.322 e. The number of para-hydroxylation sites is 2. The molecular formula is C54H35Cl2F3N6O2S2. The summed E-state index contributed by atoms with van der Waals surface area (Å²) in [5.41, 5.74) is 8.49. The van der Waals surface area contributed by atoms with Crippen molar-refractivity contribution in [3.8, 4) is 44.8 Å². The molecule has 10 aromatic rings.